The van der Waals surface area contributed by atoms with Gasteiger partial charge in [-0.1, -0.05) is 0 Å². The van der Waals surface area contributed by atoms with Gasteiger partial charge in [0, 0.05) is 20.8 Å². The molecule has 0 bridgehead atoms. The van der Waals surface area contributed by atoms with E-state index in [-0.39, 0.29) is 0 Å². The normalized spacial score (nSPS) is 8.54. The lowest BCUT2D eigenvalue weighted by Gasteiger charge is -2.09. The molecule has 0 rings (SSSR count). The van der Waals surface area contributed by atoms with Crippen molar-refractivity contribution < 1.29 is 28.3 Å². The van der Waals surface area contributed by atoms with Crippen LogP contribution in [-0.2, 0) is 28.3 Å². The number of carbonyl (C=O) groups is 3. The minimum absolute atomic E-state index is 0.715. The van der Waals surface area contributed by atoms with E-state index in [9.17, 15) is 14.4 Å². The molecular weight excluding hydrogens is 179 g/mol. The second-order valence-corrected chi connectivity index (χ2v) is 2.12. The lowest BCUT2D eigenvalue weighted by Crippen LogP contribution is -2.32. The molecule has 0 aromatic rings. The second kappa shape index (κ2) is 5.18. The Bertz CT molecular complexity index is 187. The first-order valence-electron chi connectivity index (χ1n) is 3.43. The molecule has 0 aromatic heterocycles. The van der Waals surface area contributed by atoms with Crippen molar-refractivity contribution in [3.05, 3.63) is 0 Å². The average molecular weight is 188 g/mol. The van der Waals surface area contributed by atoms with Gasteiger partial charge in [-0.25, -0.2) is 0 Å². The molecule has 0 saturated carbocycles. The predicted molar refractivity (Wildman–Crippen MR) is 41.1 cm³/mol. The molecule has 0 aromatic carbocycles. The first kappa shape index (κ1) is 11.5. The quantitative estimate of drug-likeness (QED) is 0.563. The van der Waals surface area contributed by atoms with Gasteiger partial charge in [0.25, 0.3) is 17.9 Å². The van der Waals surface area contributed by atoms with Gasteiger partial charge in [-0.2, -0.15) is 0 Å². The summed E-state index contributed by atoms with van der Waals surface area (Å²) in [5, 5.41) is 0. The van der Waals surface area contributed by atoms with E-state index in [1.165, 1.54) is 0 Å². The third-order valence-electron chi connectivity index (χ3n) is 0.787. The molecule has 0 spiro atoms. The van der Waals surface area contributed by atoms with Crippen LogP contribution in [0.15, 0.2) is 0 Å². The van der Waals surface area contributed by atoms with Gasteiger partial charge in [0.2, 0.25) is 0 Å². The Morgan fingerprint density at radius 1 is 0.769 bits per heavy atom. The third-order valence-corrected chi connectivity index (χ3v) is 0.787. The lowest BCUT2D eigenvalue weighted by molar-refractivity contribution is -0.144. The van der Waals surface area contributed by atoms with Crippen molar-refractivity contribution in [1.29, 1.82) is 0 Å². The van der Waals surface area contributed by atoms with Crippen molar-refractivity contribution in [2.45, 2.75) is 20.8 Å². The van der Waals surface area contributed by atoms with Crippen molar-refractivity contribution in [2.24, 2.45) is 0 Å². The van der Waals surface area contributed by atoms with Gasteiger partial charge in [0.15, 0.2) is 0 Å². The molecule has 0 unspecified atom stereocenters. The Balaban J connectivity index is 4.10. The molecule has 72 valence electrons. The van der Waals surface area contributed by atoms with Gasteiger partial charge in [0.1, 0.15) is 0 Å². The predicted octanol–water partition coefficient (Wildman–Crippen LogP) is -0.339. The van der Waals surface area contributed by atoms with E-state index in [4.69, 9.17) is 0 Å². The molecule has 0 saturated heterocycles. The molecule has 0 aliphatic rings. The Kier molecular flexibility index (Phi) is 4.57. The summed E-state index contributed by atoms with van der Waals surface area (Å²) in [4.78, 5) is 31.2. The molecule has 6 nitrogen and oxygen atoms in total. The van der Waals surface area contributed by atoms with Crippen molar-refractivity contribution in [2.75, 3.05) is 0 Å². The molecule has 0 N–H and O–H groups in total. The minimum atomic E-state index is -1.59. The fourth-order valence-corrected chi connectivity index (χ4v) is 0.479. The fraction of sp³-hybridized carbons (Fsp3) is 0.500. The minimum Gasteiger partial charge on any atom is -0.462 e. The Morgan fingerprint density at radius 3 is 1.15 bits per heavy atom. The topological polar surface area (TPSA) is 78.9 Å². The largest absolute Gasteiger partial charge is 0.870 e. The molecule has 0 heterocycles. The van der Waals surface area contributed by atoms with Crippen molar-refractivity contribution in [1.82, 2.24) is 0 Å². The lowest BCUT2D eigenvalue weighted by atomic mass is 10.2. The monoisotopic (exact) mass is 188 g/mol. The van der Waals surface area contributed by atoms with Gasteiger partial charge >= 0.3 is 7.32 Å². The Labute approximate surface area is 75.3 Å². The Hall–Kier alpha value is -1.53. The number of carbonyl (C=O) groups excluding carboxylic acids is 3. The van der Waals surface area contributed by atoms with Crippen LogP contribution in [0.25, 0.3) is 0 Å². The summed E-state index contributed by atoms with van der Waals surface area (Å²) in [5.41, 5.74) is 0. The van der Waals surface area contributed by atoms with E-state index in [1.807, 2.05) is 0 Å². The summed E-state index contributed by atoms with van der Waals surface area (Å²) in [6.07, 6.45) is 0. The van der Waals surface area contributed by atoms with Gasteiger partial charge in [0.05, 0.1) is 0 Å². The smallest absolute Gasteiger partial charge is 0.462 e. The van der Waals surface area contributed by atoms with Crippen molar-refractivity contribution in [3.63, 3.8) is 0 Å². The fourth-order valence-electron chi connectivity index (χ4n) is 0.479. The molecule has 0 aliphatic heterocycles. The van der Waals surface area contributed by atoms with E-state index in [0.29, 0.717) is 0 Å². The molecule has 13 heavy (non-hydrogen) atoms. The van der Waals surface area contributed by atoms with Gasteiger partial charge in [-0.05, 0) is 0 Å². The van der Waals surface area contributed by atoms with Crippen LogP contribution < -0.4 is 0 Å². The highest BCUT2D eigenvalue weighted by Gasteiger charge is 2.33. The second-order valence-electron chi connectivity index (χ2n) is 2.12. The van der Waals surface area contributed by atoms with Gasteiger partial charge in [-0.3, -0.25) is 14.4 Å². The summed E-state index contributed by atoms with van der Waals surface area (Å²) in [6, 6.07) is 0. The maximum absolute atomic E-state index is 10.4. The molecule has 7 heteroatoms. The van der Waals surface area contributed by atoms with Crippen LogP contribution >= 0.6 is 0 Å². The van der Waals surface area contributed by atoms with E-state index < -0.39 is 25.2 Å². The standard InChI is InChI=1S/C6H9BO6/c1-4(8)11-7(12-5(2)9)13-6(3)10/h1-3H3. The number of hydrogen-bond donors (Lipinski definition) is 0. The molecular formula is C6H9BO6. The highest BCUT2D eigenvalue weighted by Crippen LogP contribution is 1.94. The van der Waals surface area contributed by atoms with E-state index in [2.05, 4.69) is 14.0 Å². The van der Waals surface area contributed by atoms with Crippen LogP contribution in [0.4, 0.5) is 0 Å². The summed E-state index contributed by atoms with van der Waals surface area (Å²) in [5.74, 6) is -2.15. The zero-order chi connectivity index (χ0) is 10.4. The average Bonchev–Trinajstić information content (AvgIpc) is 1.80. The molecule has 0 atom stereocenters. The molecule has 0 aliphatic carbocycles. The third kappa shape index (κ3) is 6.86. The van der Waals surface area contributed by atoms with Gasteiger partial charge < -0.3 is 14.0 Å². The highest BCUT2D eigenvalue weighted by atomic mass is 16.8. The zero-order valence-electron chi connectivity index (χ0n) is 7.53. The van der Waals surface area contributed by atoms with E-state index >= 15 is 0 Å². The van der Waals surface area contributed by atoms with Gasteiger partial charge in [-0.15, -0.1) is 0 Å². The van der Waals surface area contributed by atoms with Crippen LogP contribution in [0.2, 0.25) is 0 Å². The first-order chi connectivity index (χ1) is 5.91. The zero-order valence-corrected chi connectivity index (χ0v) is 7.53. The molecule has 0 fully saturated rings. The van der Waals surface area contributed by atoms with Crippen LogP contribution in [0.1, 0.15) is 20.8 Å². The first-order valence-corrected chi connectivity index (χ1v) is 3.43. The maximum Gasteiger partial charge on any atom is 0.870 e. The summed E-state index contributed by atoms with van der Waals surface area (Å²) < 4.78 is 13.0. The van der Waals surface area contributed by atoms with Crippen molar-refractivity contribution in [3.8, 4) is 0 Å². The summed E-state index contributed by atoms with van der Waals surface area (Å²) >= 11 is 0. The van der Waals surface area contributed by atoms with Crippen LogP contribution in [0.3, 0.4) is 0 Å². The number of rotatable bonds is 3. The molecule has 0 radical (unpaired) electrons. The Morgan fingerprint density at radius 2 is 1.00 bits per heavy atom. The highest BCUT2D eigenvalue weighted by molar-refractivity contribution is 6.43. The van der Waals surface area contributed by atoms with Crippen molar-refractivity contribution >= 4 is 25.2 Å². The summed E-state index contributed by atoms with van der Waals surface area (Å²) in [7, 11) is -1.59. The van der Waals surface area contributed by atoms with Crippen LogP contribution in [0, 0.1) is 0 Å². The maximum atomic E-state index is 10.4. The number of hydrogen-bond acceptors (Lipinski definition) is 6. The molecule has 0 amide bonds. The SMILES string of the molecule is CC(=O)OB(OC(C)=O)OC(C)=O. The van der Waals surface area contributed by atoms with Crippen LogP contribution in [0.5, 0.6) is 0 Å². The van der Waals surface area contributed by atoms with E-state index in [0.717, 1.165) is 20.8 Å². The summed E-state index contributed by atoms with van der Waals surface area (Å²) in [6.45, 7) is 3.29. The van der Waals surface area contributed by atoms with Crippen LogP contribution in [-0.4, -0.2) is 25.2 Å². The van der Waals surface area contributed by atoms with E-state index in [1.54, 1.807) is 0 Å².